The molecule has 0 aliphatic rings. The van der Waals surface area contributed by atoms with Gasteiger partial charge in [-0.05, 0) is 35.7 Å². The zero-order chi connectivity index (χ0) is 17.6. The quantitative estimate of drug-likeness (QED) is 0.723. The molecule has 0 fully saturated rings. The molecule has 5 nitrogen and oxygen atoms in total. The number of hydrogen-bond donors (Lipinski definition) is 1. The molecular formula is C20H21N3O2. The summed E-state index contributed by atoms with van der Waals surface area (Å²) in [6.07, 6.45) is 0.706. The summed E-state index contributed by atoms with van der Waals surface area (Å²) in [6.45, 7) is 4.28. The minimum atomic E-state index is -0.0724. The van der Waals surface area contributed by atoms with Crippen molar-refractivity contribution < 1.29 is 9.21 Å². The number of aromatic nitrogens is 2. The summed E-state index contributed by atoms with van der Waals surface area (Å²) in [5.41, 5.74) is 2.91. The molecule has 0 aliphatic heterocycles. The van der Waals surface area contributed by atoms with Crippen molar-refractivity contribution in [3.05, 3.63) is 66.1 Å². The Labute approximate surface area is 147 Å². The van der Waals surface area contributed by atoms with Crippen LogP contribution in [0.3, 0.4) is 0 Å². The van der Waals surface area contributed by atoms with E-state index >= 15 is 0 Å². The molecule has 25 heavy (non-hydrogen) atoms. The molecule has 1 N–H and O–H groups in total. The molecule has 0 bridgehead atoms. The Kier molecular flexibility index (Phi) is 5.23. The Bertz CT molecular complexity index is 824. The van der Waals surface area contributed by atoms with Crippen LogP contribution in [0.15, 0.2) is 59.0 Å². The molecule has 3 rings (SSSR count). The third kappa shape index (κ3) is 4.53. The van der Waals surface area contributed by atoms with Crippen molar-refractivity contribution >= 4 is 11.6 Å². The fourth-order valence-electron chi connectivity index (χ4n) is 2.45. The van der Waals surface area contributed by atoms with Gasteiger partial charge < -0.3 is 9.73 Å². The molecule has 2 aromatic carbocycles. The van der Waals surface area contributed by atoms with Crippen LogP contribution in [0.2, 0.25) is 0 Å². The molecule has 3 aromatic rings. The maximum Gasteiger partial charge on any atom is 0.247 e. The highest BCUT2D eigenvalue weighted by molar-refractivity contribution is 5.90. The highest BCUT2D eigenvalue weighted by Gasteiger charge is 2.10. The molecule has 0 aliphatic carbocycles. The fraction of sp³-hybridized carbons (Fsp3) is 0.250. The third-order valence-corrected chi connectivity index (χ3v) is 3.91. The van der Waals surface area contributed by atoms with Crippen LogP contribution in [-0.4, -0.2) is 16.1 Å². The third-order valence-electron chi connectivity index (χ3n) is 3.91. The van der Waals surface area contributed by atoms with Crippen LogP contribution in [0.25, 0.3) is 11.5 Å². The monoisotopic (exact) mass is 335 g/mol. The van der Waals surface area contributed by atoms with Gasteiger partial charge in [0.15, 0.2) is 0 Å². The van der Waals surface area contributed by atoms with Gasteiger partial charge in [-0.1, -0.05) is 44.2 Å². The van der Waals surface area contributed by atoms with Gasteiger partial charge in [-0.3, -0.25) is 4.79 Å². The van der Waals surface area contributed by atoms with Crippen molar-refractivity contribution in [3.63, 3.8) is 0 Å². The van der Waals surface area contributed by atoms with Gasteiger partial charge in [0.05, 0.1) is 0 Å². The number of carbonyl (C=O) groups is 1. The first-order valence-electron chi connectivity index (χ1n) is 8.39. The normalized spacial score (nSPS) is 10.8. The summed E-state index contributed by atoms with van der Waals surface area (Å²) in [5, 5.41) is 10.9. The highest BCUT2D eigenvalue weighted by Crippen LogP contribution is 2.19. The van der Waals surface area contributed by atoms with Gasteiger partial charge in [0, 0.05) is 24.1 Å². The van der Waals surface area contributed by atoms with E-state index in [2.05, 4.69) is 29.4 Å². The van der Waals surface area contributed by atoms with Crippen molar-refractivity contribution in [2.24, 2.45) is 0 Å². The molecule has 0 saturated carbocycles. The summed E-state index contributed by atoms with van der Waals surface area (Å²) in [5.74, 6) is 1.34. The van der Waals surface area contributed by atoms with Gasteiger partial charge in [-0.15, -0.1) is 10.2 Å². The minimum absolute atomic E-state index is 0.0724. The van der Waals surface area contributed by atoms with E-state index in [1.165, 1.54) is 5.56 Å². The molecule has 0 atom stereocenters. The van der Waals surface area contributed by atoms with Gasteiger partial charge in [-0.2, -0.15) is 0 Å². The second-order valence-electron chi connectivity index (χ2n) is 6.19. The predicted octanol–water partition coefficient (Wildman–Crippen LogP) is 4.43. The smallest absolute Gasteiger partial charge is 0.247 e. The van der Waals surface area contributed by atoms with E-state index in [1.54, 1.807) is 0 Å². The molecule has 0 saturated heterocycles. The number of hydrogen-bond acceptors (Lipinski definition) is 4. The standard InChI is InChI=1S/C20H21N3O2/c1-14(2)15-8-10-17(11-9-15)21-18(24)12-13-19-22-23-20(25-19)16-6-4-3-5-7-16/h3-11,14H,12-13H2,1-2H3,(H,21,24). The van der Waals surface area contributed by atoms with E-state index in [1.807, 2.05) is 54.6 Å². The summed E-state index contributed by atoms with van der Waals surface area (Å²) < 4.78 is 5.61. The fourth-order valence-corrected chi connectivity index (χ4v) is 2.45. The Morgan fingerprint density at radius 2 is 1.76 bits per heavy atom. The summed E-state index contributed by atoms with van der Waals surface area (Å²) in [7, 11) is 0. The first-order chi connectivity index (χ1) is 12.1. The van der Waals surface area contributed by atoms with Gasteiger partial charge in [0.2, 0.25) is 17.7 Å². The van der Waals surface area contributed by atoms with Crippen LogP contribution in [0, 0.1) is 0 Å². The van der Waals surface area contributed by atoms with Gasteiger partial charge in [-0.25, -0.2) is 0 Å². The van der Waals surface area contributed by atoms with Crippen LogP contribution in [0.1, 0.15) is 37.6 Å². The van der Waals surface area contributed by atoms with Crippen molar-refractivity contribution in [1.29, 1.82) is 0 Å². The van der Waals surface area contributed by atoms with Crippen LogP contribution >= 0.6 is 0 Å². The second-order valence-corrected chi connectivity index (χ2v) is 6.19. The molecule has 1 amide bonds. The molecule has 0 spiro atoms. The van der Waals surface area contributed by atoms with Crippen LogP contribution in [-0.2, 0) is 11.2 Å². The lowest BCUT2D eigenvalue weighted by Crippen LogP contribution is -2.12. The highest BCUT2D eigenvalue weighted by atomic mass is 16.4. The van der Waals surface area contributed by atoms with Crippen molar-refractivity contribution in [1.82, 2.24) is 10.2 Å². The van der Waals surface area contributed by atoms with E-state index in [-0.39, 0.29) is 5.91 Å². The molecule has 128 valence electrons. The summed E-state index contributed by atoms with van der Waals surface area (Å²) >= 11 is 0. The maximum absolute atomic E-state index is 12.1. The van der Waals surface area contributed by atoms with Gasteiger partial charge >= 0.3 is 0 Å². The first-order valence-corrected chi connectivity index (χ1v) is 8.39. The van der Waals surface area contributed by atoms with Crippen LogP contribution < -0.4 is 5.32 Å². The Balaban J connectivity index is 1.53. The first kappa shape index (κ1) is 16.9. The topological polar surface area (TPSA) is 68.0 Å². The number of amides is 1. The second kappa shape index (κ2) is 7.75. The molecular weight excluding hydrogens is 314 g/mol. The van der Waals surface area contributed by atoms with Gasteiger partial charge in [0.25, 0.3) is 0 Å². The average molecular weight is 335 g/mol. The minimum Gasteiger partial charge on any atom is -0.421 e. The molecule has 0 unspecified atom stereocenters. The van der Waals surface area contributed by atoms with E-state index in [0.29, 0.717) is 30.5 Å². The zero-order valence-corrected chi connectivity index (χ0v) is 14.4. The van der Waals surface area contributed by atoms with Crippen molar-refractivity contribution in [2.45, 2.75) is 32.6 Å². The van der Waals surface area contributed by atoms with E-state index in [4.69, 9.17) is 4.42 Å². The summed E-state index contributed by atoms with van der Waals surface area (Å²) in [4.78, 5) is 12.1. The van der Waals surface area contributed by atoms with Crippen molar-refractivity contribution in [2.75, 3.05) is 5.32 Å². The number of carbonyl (C=O) groups excluding carboxylic acids is 1. The molecule has 1 aromatic heterocycles. The Hall–Kier alpha value is -2.95. The molecule has 0 radical (unpaired) electrons. The maximum atomic E-state index is 12.1. The van der Waals surface area contributed by atoms with Crippen LogP contribution in [0.4, 0.5) is 5.69 Å². The van der Waals surface area contributed by atoms with E-state index in [9.17, 15) is 4.79 Å². The lowest BCUT2D eigenvalue weighted by molar-refractivity contribution is -0.116. The largest absolute Gasteiger partial charge is 0.421 e. The predicted molar refractivity (Wildman–Crippen MR) is 97.2 cm³/mol. The molecule has 5 heteroatoms. The van der Waals surface area contributed by atoms with Crippen LogP contribution in [0.5, 0.6) is 0 Å². The van der Waals surface area contributed by atoms with E-state index < -0.39 is 0 Å². The van der Waals surface area contributed by atoms with Gasteiger partial charge in [0.1, 0.15) is 0 Å². The Morgan fingerprint density at radius 1 is 1.04 bits per heavy atom. The zero-order valence-electron chi connectivity index (χ0n) is 14.4. The number of nitrogens with zero attached hydrogens (tertiary/aromatic N) is 2. The molecule has 1 heterocycles. The number of benzene rings is 2. The average Bonchev–Trinajstić information content (AvgIpc) is 3.10. The number of nitrogens with one attached hydrogen (secondary N) is 1. The number of aryl methyl sites for hydroxylation is 1. The lowest BCUT2D eigenvalue weighted by Gasteiger charge is -2.08. The Morgan fingerprint density at radius 3 is 2.44 bits per heavy atom. The van der Waals surface area contributed by atoms with E-state index in [0.717, 1.165) is 11.3 Å². The number of rotatable bonds is 6. The van der Waals surface area contributed by atoms with Crippen molar-refractivity contribution in [3.8, 4) is 11.5 Å². The summed E-state index contributed by atoms with van der Waals surface area (Å²) in [6, 6.07) is 17.5. The number of anilines is 1. The SMILES string of the molecule is CC(C)c1ccc(NC(=O)CCc2nnc(-c3ccccc3)o2)cc1. The lowest BCUT2D eigenvalue weighted by atomic mass is 10.0.